The first-order valence-electron chi connectivity index (χ1n) is 10.0. The van der Waals surface area contributed by atoms with Crippen molar-refractivity contribution in [3.05, 3.63) is 54.4 Å². The van der Waals surface area contributed by atoms with E-state index in [1.807, 2.05) is 26.2 Å². The van der Waals surface area contributed by atoms with Crippen LogP contribution in [0.5, 0.6) is 5.75 Å². The van der Waals surface area contributed by atoms with Gasteiger partial charge in [0.05, 0.1) is 5.69 Å². The van der Waals surface area contributed by atoms with Crippen molar-refractivity contribution in [3.8, 4) is 17.0 Å². The third-order valence-corrected chi connectivity index (χ3v) is 4.44. The van der Waals surface area contributed by atoms with E-state index < -0.39 is 6.36 Å². The molecular formula is C22H25F3N6O. The topological polar surface area (TPSA) is 75.2 Å². The van der Waals surface area contributed by atoms with Crippen LogP contribution in [0.2, 0.25) is 0 Å². The lowest BCUT2D eigenvalue weighted by molar-refractivity contribution is -0.274. The summed E-state index contributed by atoms with van der Waals surface area (Å²) in [7, 11) is 4.02. The predicted octanol–water partition coefficient (Wildman–Crippen LogP) is 4.85. The number of nitrogens with one attached hydrogen (secondary N) is 2. The molecule has 10 heteroatoms. The number of benzene rings is 1. The van der Waals surface area contributed by atoms with Crippen molar-refractivity contribution >= 4 is 17.5 Å². The minimum Gasteiger partial charge on any atom is -0.406 e. The SMILES string of the molecule is Cc1cc(OC(F)(F)F)ccc1Nc1cc(-c2cccnc2)nc(NCCCN(C)C)n1. The Labute approximate surface area is 184 Å². The van der Waals surface area contributed by atoms with Gasteiger partial charge in [-0.15, -0.1) is 13.2 Å². The van der Waals surface area contributed by atoms with Crippen LogP contribution in [-0.2, 0) is 0 Å². The molecule has 2 aromatic heterocycles. The van der Waals surface area contributed by atoms with Crippen molar-refractivity contribution in [1.82, 2.24) is 19.9 Å². The van der Waals surface area contributed by atoms with Crippen LogP contribution < -0.4 is 15.4 Å². The molecule has 7 nitrogen and oxygen atoms in total. The largest absolute Gasteiger partial charge is 0.573 e. The summed E-state index contributed by atoms with van der Waals surface area (Å²) < 4.78 is 41.4. The number of ether oxygens (including phenoxy) is 1. The average molecular weight is 446 g/mol. The fourth-order valence-electron chi connectivity index (χ4n) is 2.96. The summed E-state index contributed by atoms with van der Waals surface area (Å²) in [5.74, 6) is 0.673. The van der Waals surface area contributed by atoms with Crippen LogP contribution in [0, 0.1) is 6.92 Å². The van der Waals surface area contributed by atoms with Gasteiger partial charge in [-0.05, 0) is 69.9 Å². The maximum absolute atomic E-state index is 12.5. The molecule has 0 aliphatic rings. The van der Waals surface area contributed by atoms with Crippen molar-refractivity contribution in [1.29, 1.82) is 0 Å². The van der Waals surface area contributed by atoms with E-state index in [1.165, 1.54) is 18.2 Å². The van der Waals surface area contributed by atoms with Gasteiger partial charge in [0.1, 0.15) is 11.6 Å². The first kappa shape index (κ1) is 23.3. The molecule has 0 amide bonds. The molecule has 0 unspecified atom stereocenters. The van der Waals surface area contributed by atoms with Crippen molar-refractivity contribution in [3.63, 3.8) is 0 Å². The van der Waals surface area contributed by atoms with Gasteiger partial charge in [0.2, 0.25) is 5.95 Å². The molecule has 0 bridgehead atoms. The highest BCUT2D eigenvalue weighted by molar-refractivity contribution is 5.68. The van der Waals surface area contributed by atoms with Crippen LogP contribution >= 0.6 is 0 Å². The molecule has 1 aromatic carbocycles. The average Bonchev–Trinajstić information content (AvgIpc) is 2.72. The Morgan fingerprint density at radius 1 is 1.09 bits per heavy atom. The van der Waals surface area contributed by atoms with Gasteiger partial charge in [0.25, 0.3) is 0 Å². The molecule has 0 saturated carbocycles. The number of rotatable bonds is 9. The monoisotopic (exact) mass is 446 g/mol. The first-order valence-corrected chi connectivity index (χ1v) is 10.0. The summed E-state index contributed by atoms with van der Waals surface area (Å²) in [4.78, 5) is 15.3. The molecule has 32 heavy (non-hydrogen) atoms. The van der Waals surface area contributed by atoms with Crippen LogP contribution in [0.1, 0.15) is 12.0 Å². The number of hydrogen-bond acceptors (Lipinski definition) is 7. The van der Waals surface area contributed by atoms with E-state index in [-0.39, 0.29) is 5.75 Å². The van der Waals surface area contributed by atoms with E-state index >= 15 is 0 Å². The zero-order valence-corrected chi connectivity index (χ0v) is 18.1. The first-order chi connectivity index (χ1) is 15.2. The van der Waals surface area contributed by atoms with E-state index in [0.29, 0.717) is 35.3 Å². The molecule has 0 fully saturated rings. The number of hydrogen-bond donors (Lipinski definition) is 2. The number of aryl methyl sites for hydroxylation is 1. The quantitative estimate of drug-likeness (QED) is 0.455. The fourth-order valence-corrected chi connectivity index (χ4v) is 2.96. The van der Waals surface area contributed by atoms with Crippen molar-refractivity contribution < 1.29 is 17.9 Å². The number of anilines is 3. The highest BCUT2D eigenvalue weighted by Crippen LogP contribution is 2.29. The predicted molar refractivity (Wildman–Crippen MR) is 118 cm³/mol. The zero-order chi connectivity index (χ0) is 23.1. The smallest absolute Gasteiger partial charge is 0.406 e. The summed E-state index contributed by atoms with van der Waals surface area (Å²) in [6, 6.07) is 9.57. The number of pyridine rings is 1. The third-order valence-electron chi connectivity index (χ3n) is 4.44. The van der Waals surface area contributed by atoms with Gasteiger partial charge in [0, 0.05) is 36.3 Å². The molecule has 3 aromatic rings. The van der Waals surface area contributed by atoms with E-state index in [0.717, 1.165) is 18.5 Å². The van der Waals surface area contributed by atoms with Crippen LogP contribution in [0.4, 0.5) is 30.6 Å². The van der Waals surface area contributed by atoms with E-state index in [9.17, 15) is 13.2 Å². The Bertz CT molecular complexity index is 1030. The lowest BCUT2D eigenvalue weighted by atomic mass is 10.2. The van der Waals surface area contributed by atoms with Gasteiger partial charge in [-0.25, -0.2) is 4.98 Å². The van der Waals surface area contributed by atoms with Gasteiger partial charge >= 0.3 is 6.36 Å². The number of halogens is 3. The molecule has 3 rings (SSSR count). The third kappa shape index (κ3) is 7.09. The molecule has 2 N–H and O–H groups in total. The van der Waals surface area contributed by atoms with Crippen molar-refractivity contribution in [2.45, 2.75) is 19.7 Å². The molecule has 0 saturated heterocycles. The van der Waals surface area contributed by atoms with E-state index in [4.69, 9.17) is 0 Å². The highest BCUT2D eigenvalue weighted by Gasteiger charge is 2.31. The molecule has 0 aliphatic carbocycles. The second-order valence-corrected chi connectivity index (χ2v) is 7.44. The molecule has 0 atom stereocenters. The fraction of sp³-hybridized carbons (Fsp3) is 0.318. The molecule has 170 valence electrons. The Morgan fingerprint density at radius 2 is 1.91 bits per heavy atom. The lowest BCUT2D eigenvalue weighted by Crippen LogP contribution is -2.17. The zero-order valence-electron chi connectivity index (χ0n) is 18.1. The number of nitrogens with zero attached hydrogens (tertiary/aromatic N) is 4. The van der Waals surface area contributed by atoms with Gasteiger partial charge in [-0.1, -0.05) is 0 Å². The Morgan fingerprint density at radius 3 is 2.56 bits per heavy atom. The lowest BCUT2D eigenvalue weighted by Gasteiger charge is -2.15. The number of aromatic nitrogens is 3. The summed E-state index contributed by atoms with van der Waals surface area (Å²) in [6.45, 7) is 3.30. The normalized spacial score (nSPS) is 11.5. The molecule has 0 aliphatic heterocycles. The maximum Gasteiger partial charge on any atom is 0.573 e. The second kappa shape index (κ2) is 10.3. The highest BCUT2D eigenvalue weighted by atomic mass is 19.4. The van der Waals surface area contributed by atoms with Crippen molar-refractivity contribution in [2.75, 3.05) is 37.8 Å². The Hall–Kier alpha value is -3.40. The molecule has 0 spiro atoms. The van der Waals surface area contributed by atoms with Crippen LogP contribution in [0.3, 0.4) is 0 Å². The summed E-state index contributed by atoms with van der Waals surface area (Å²) in [5, 5.41) is 6.40. The van der Waals surface area contributed by atoms with Gasteiger partial charge in [-0.2, -0.15) is 4.98 Å². The van der Waals surface area contributed by atoms with Gasteiger partial charge < -0.3 is 20.3 Å². The van der Waals surface area contributed by atoms with Crippen LogP contribution in [0.15, 0.2) is 48.8 Å². The van der Waals surface area contributed by atoms with Gasteiger partial charge in [0.15, 0.2) is 0 Å². The Balaban J connectivity index is 1.84. The van der Waals surface area contributed by atoms with Crippen LogP contribution in [-0.4, -0.2) is 53.4 Å². The van der Waals surface area contributed by atoms with Gasteiger partial charge in [-0.3, -0.25) is 4.98 Å². The molecule has 2 heterocycles. The summed E-state index contributed by atoms with van der Waals surface area (Å²) >= 11 is 0. The van der Waals surface area contributed by atoms with E-state index in [1.54, 1.807) is 25.4 Å². The minimum atomic E-state index is -4.74. The summed E-state index contributed by atoms with van der Waals surface area (Å²) in [6.07, 6.45) is -0.440. The molecule has 0 radical (unpaired) electrons. The minimum absolute atomic E-state index is 0.275. The Kier molecular flexibility index (Phi) is 7.47. The van der Waals surface area contributed by atoms with Crippen molar-refractivity contribution in [2.24, 2.45) is 0 Å². The summed E-state index contributed by atoms with van der Waals surface area (Å²) in [5.41, 5.74) is 2.67. The molecular weight excluding hydrogens is 421 g/mol. The number of alkyl halides is 3. The van der Waals surface area contributed by atoms with Crippen LogP contribution in [0.25, 0.3) is 11.3 Å². The standard InChI is InChI=1S/C22H25F3N6O/c1-15-12-17(32-22(23,24)25)7-8-18(15)28-20-13-19(16-6-4-9-26-14-16)29-21(30-20)27-10-5-11-31(2)3/h4,6-9,12-14H,5,10-11H2,1-3H3,(H2,27,28,29,30). The maximum atomic E-state index is 12.5. The second-order valence-electron chi connectivity index (χ2n) is 7.44. The van der Waals surface area contributed by atoms with E-state index in [2.05, 4.69) is 35.2 Å².